The average Bonchev–Trinajstić information content (AvgIpc) is 2.74. The molecule has 1 aromatic rings. The van der Waals surface area contributed by atoms with Crippen molar-refractivity contribution in [2.24, 2.45) is 0 Å². The highest BCUT2D eigenvalue weighted by molar-refractivity contribution is 7.89. The SMILES string of the molecule is CCN(C(C)C)S(=O)(=O)c1[nH]ncc1CNC(C)C. The van der Waals surface area contributed by atoms with Crippen molar-refractivity contribution in [1.29, 1.82) is 0 Å². The third-order valence-electron chi connectivity index (χ3n) is 2.83. The van der Waals surface area contributed by atoms with E-state index in [1.807, 2.05) is 34.6 Å². The predicted octanol–water partition coefficient (Wildman–Crippen LogP) is 1.33. The van der Waals surface area contributed by atoms with Crippen LogP contribution in [0.3, 0.4) is 0 Å². The fraction of sp³-hybridized carbons (Fsp3) is 0.750. The lowest BCUT2D eigenvalue weighted by molar-refractivity contribution is 0.367. The molecule has 0 spiro atoms. The zero-order valence-corrected chi connectivity index (χ0v) is 13.1. The van der Waals surface area contributed by atoms with Crippen LogP contribution in [0.15, 0.2) is 11.2 Å². The summed E-state index contributed by atoms with van der Waals surface area (Å²) in [6.07, 6.45) is 1.57. The molecular formula is C12H24N4O2S. The number of nitrogens with zero attached hydrogens (tertiary/aromatic N) is 2. The topological polar surface area (TPSA) is 78.1 Å². The summed E-state index contributed by atoms with van der Waals surface area (Å²) in [7, 11) is -3.51. The second kappa shape index (κ2) is 6.49. The van der Waals surface area contributed by atoms with Crippen molar-refractivity contribution >= 4 is 10.0 Å². The Balaban J connectivity index is 3.05. The van der Waals surface area contributed by atoms with E-state index >= 15 is 0 Å². The Labute approximate surface area is 115 Å². The van der Waals surface area contributed by atoms with Crippen LogP contribution in [0.4, 0.5) is 0 Å². The fourth-order valence-corrected chi connectivity index (χ4v) is 3.65. The van der Waals surface area contributed by atoms with Crippen LogP contribution in [0.25, 0.3) is 0 Å². The van der Waals surface area contributed by atoms with Gasteiger partial charge in [-0.3, -0.25) is 5.10 Å². The lowest BCUT2D eigenvalue weighted by Gasteiger charge is -2.24. The molecule has 0 radical (unpaired) electrons. The quantitative estimate of drug-likeness (QED) is 0.793. The van der Waals surface area contributed by atoms with Crippen LogP contribution in [0, 0.1) is 0 Å². The molecule has 1 aromatic heterocycles. The molecule has 0 aliphatic rings. The van der Waals surface area contributed by atoms with Crippen molar-refractivity contribution in [3.63, 3.8) is 0 Å². The van der Waals surface area contributed by atoms with E-state index in [0.717, 1.165) is 0 Å². The maximum absolute atomic E-state index is 12.6. The van der Waals surface area contributed by atoms with Gasteiger partial charge in [0.2, 0.25) is 0 Å². The number of hydrogen-bond acceptors (Lipinski definition) is 4. The molecule has 0 aromatic carbocycles. The van der Waals surface area contributed by atoms with Crippen LogP contribution >= 0.6 is 0 Å². The Morgan fingerprint density at radius 2 is 2.00 bits per heavy atom. The molecule has 19 heavy (non-hydrogen) atoms. The molecule has 2 N–H and O–H groups in total. The zero-order chi connectivity index (χ0) is 14.6. The monoisotopic (exact) mass is 288 g/mol. The first-order valence-electron chi connectivity index (χ1n) is 6.58. The van der Waals surface area contributed by atoms with Gasteiger partial charge in [0.15, 0.2) is 5.03 Å². The second-order valence-electron chi connectivity index (χ2n) is 5.06. The first-order chi connectivity index (χ1) is 8.80. The number of hydrogen-bond donors (Lipinski definition) is 2. The van der Waals surface area contributed by atoms with E-state index in [0.29, 0.717) is 18.7 Å². The molecule has 0 amide bonds. The lowest BCUT2D eigenvalue weighted by atomic mass is 10.3. The van der Waals surface area contributed by atoms with Crippen LogP contribution in [-0.4, -0.2) is 41.5 Å². The molecule has 0 fully saturated rings. The molecule has 0 atom stereocenters. The summed E-state index contributed by atoms with van der Waals surface area (Å²) < 4.78 is 26.6. The van der Waals surface area contributed by atoms with Crippen LogP contribution in [0.2, 0.25) is 0 Å². The van der Waals surface area contributed by atoms with Crippen molar-refractivity contribution < 1.29 is 8.42 Å². The molecule has 1 heterocycles. The first kappa shape index (κ1) is 16.1. The van der Waals surface area contributed by atoms with E-state index in [1.54, 1.807) is 6.20 Å². The van der Waals surface area contributed by atoms with Crippen LogP contribution in [0.5, 0.6) is 0 Å². The first-order valence-corrected chi connectivity index (χ1v) is 8.02. The summed E-state index contributed by atoms with van der Waals surface area (Å²) in [5.41, 5.74) is 0.674. The van der Waals surface area contributed by atoms with Gasteiger partial charge in [0.1, 0.15) is 0 Å². The van der Waals surface area contributed by atoms with Crippen molar-refractivity contribution in [2.45, 2.75) is 58.3 Å². The van der Waals surface area contributed by atoms with Gasteiger partial charge < -0.3 is 5.32 Å². The van der Waals surface area contributed by atoms with E-state index in [9.17, 15) is 8.42 Å². The number of H-pyrrole nitrogens is 1. The molecule has 0 aliphatic heterocycles. The van der Waals surface area contributed by atoms with Crippen LogP contribution < -0.4 is 5.32 Å². The van der Waals surface area contributed by atoms with E-state index < -0.39 is 10.0 Å². The number of sulfonamides is 1. The summed E-state index contributed by atoms with van der Waals surface area (Å²) in [6.45, 7) is 10.5. The molecule has 0 unspecified atom stereocenters. The number of nitrogens with one attached hydrogen (secondary N) is 2. The Morgan fingerprint density at radius 3 is 2.47 bits per heavy atom. The third-order valence-corrected chi connectivity index (χ3v) is 5.00. The standard InChI is InChI=1S/C12H24N4O2S/c1-6-16(10(4)5)19(17,18)12-11(8-14-15-12)7-13-9(2)3/h8-10,13H,6-7H2,1-5H3,(H,14,15). The Kier molecular flexibility index (Phi) is 5.51. The largest absolute Gasteiger partial charge is 0.310 e. The van der Waals surface area contributed by atoms with E-state index in [4.69, 9.17) is 0 Å². The summed E-state index contributed by atoms with van der Waals surface area (Å²) in [4.78, 5) is 0. The summed E-state index contributed by atoms with van der Waals surface area (Å²) in [5, 5.41) is 9.89. The van der Waals surface area contributed by atoms with Gasteiger partial charge in [-0.15, -0.1) is 0 Å². The number of rotatable bonds is 7. The Bertz CT molecular complexity index is 494. The zero-order valence-electron chi connectivity index (χ0n) is 12.3. The highest BCUT2D eigenvalue weighted by atomic mass is 32.2. The van der Waals surface area contributed by atoms with Crippen LogP contribution in [0.1, 0.15) is 40.2 Å². The molecular weight excluding hydrogens is 264 g/mol. The number of aromatic amines is 1. The normalized spacial score (nSPS) is 12.8. The highest BCUT2D eigenvalue weighted by Gasteiger charge is 2.29. The van der Waals surface area contributed by atoms with Crippen LogP contribution in [-0.2, 0) is 16.6 Å². The minimum atomic E-state index is -3.51. The maximum Gasteiger partial charge on any atom is 0.260 e. The van der Waals surface area contributed by atoms with Crippen molar-refractivity contribution in [3.8, 4) is 0 Å². The smallest absolute Gasteiger partial charge is 0.260 e. The summed E-state index contributed by atoms with van der Waals surface area (Å²) >= 11 is 0. The minimum absolute atomic E-state index is 0.0794. The molecule has 0 aliphatic carbocycles. The summed E-state index contributed by atoms with van der Waals surface area (Å²) in [6, 6.07) is 0.210. The van der Waals surface area contributed by atoms with Gasteiger partial charge in [0, 0.05) is 30.7 Å². The van der Waals surface area contributed by atoms with E-state index in [2.05, 4.69) is 15.5 Å². The molecule has 0 bridgehead atoms. The van der Waals surface area contributed by atoms with E-state index in [-0.39, 0.29) is 17.1 Å². The van der Waals surface area contributed by atoms with Crippen molar-refractivity contribution in [1.82, 2.24) is 19.8 Å². The molecule has 110 valence electrons. The van der Waals surface area contributed by atoms with Gasteiger partial charge >= 0.3 is 0 Å². The predicted molar refractivity (Wildman–Crippen MR) is 75.3 cm³/mol. The minimum Gasteiger partial charge on any atom is -0.310 e. The van der Waals surface area contributed by atoms with E-state index in [1.165, 1.54) is 4.31 Å². The highest BCUT2D eigenvalue weighted by Crippen LogP contribution is 2.19. The number of aromatic nitrogens is 2. The van der Waals surface area contributed by atoms with Gasteiger partial charge in [-0.2, -0.15) is 9.40 Å². The fourth-order valence-electron chi connectivity index (χ4n) is 1.89. The average molecular weight is 288 g/mol. The Hall–Kier alpha value is -0.920. The molecule has 7 heteroatoms. The maximum atomic E-state index is 12.6. The molecule has 0 saturated carbocycles. The van der Waals surface area contributed by atoms with Crippen molar-refractivity contribution in [3.05, 3.63) is 11.8 Å². The third kappa shape index (κ3) is 3.77. The summed E-state index contributed by atoms with van der Waals surface area (Å²) in [5.74, 6) is 0. The molecule has 1 rings (SSSR count). The van der Waals surface area contributed by atoms with Gasteiger partial charge in [0.25, 0.3) is 10.0 Å². The lowest BCUT2D eigenvalue weighted by Crippen LogP contribution is -2.37. The van der Waals surface area contributed by atoms with Gasteiger partial charge in [-0.05, 0) is 13.8 Å². The Morgan fingerprint density at radius 1 is 1.37 bits per heavy atom. The van der Waals surface area contributed by atoms with Crippen molar-refractivity contribution in [2.75, 3.05) is 6.54 Å². The van der Waals surface area contributed by atoms with Gasteiger partial charge in [-0.25, -0.2) is 8.42 Å². The second-order valence-corrected chi connectivity index (χ2v) is 6.89. The molecule has 6 nitrogen and oxygen atoms in total. The van der Waals surface area contributed by atoms with Gasteiger partial charge in [-0.1, -0.05) is 20.8 Å². The van der Waals surface area contributed by atoms with Gasteiger partial charge in [0.05, 0.1) is 6.20 Å². The molecule has 0 saturated heterocycles.